The van der Waals surface area contributed by atoms with Crippen LogP contribution in [0.1, 0.15) is 48.5 Å². The Morgan fingerprint density at radius 2 is 1.79 bits per heavy atom. The van der Waals surface area contributed by atoms with Crippen molar-refractivity contribution in [1.82, 2.24) is 9.88 Å². The van der Waals surface area contributed by atoms with Crippen LogP contribution in [0.2, 0.25) is 0 Å². The van der Waals surface area contributed by atoms with Crippen molar-refractivity contribution in [2.45, 2.75) is 65.7 Å². The predicted molar refractivity (Wildman–Crippen MR) is 110 cm³/mol. The molecular formula is C20H32BN3O4. The van der Waals surface area contributed by atoms with Crippen LogP contribution in [0.15, 0.2) is 18.2 Å². The lowest BCUT2D eigenvalue weighted by Crippen LogP contribution is -2.59. The number of hydrogen-bond donors (Lipinski definition) is 1. The van der Waals surface area contributed by atoms with Crippen LogP contribution in [-0.4, -0.2) is 65.1 Å². The summed E-state index contributed by atoms with van der Waals surface area (Å²) in [5.41, 5.74) is -0.260. The second kappa shape index (κ2) is 6.92. The highest BCUT2D eigenvalue weighted by atomic mass is 16.7. The minimum absolute atomic E-state index is 0.110. The van der Waals surface area contributed by atoms with E-state index in [-0.39, 0.29) is 11.5 Å². The van der Waals surface area contributed by atoms with E-state index >= 15 is 0 Å². The van der Waals surface area contributed by atoms with Gasteiger partial charge in [0.05, 0.1) is 22.8 Å². The molecule has 8 heteroatoms. The molecular weight excluding hydrogens is 357 g/mol. The fraction of sp³-hybridized carbons (Fsp3) is 0.700. The number of pyridine rings is 1. The number of piperazine rings is 1. The molecule has 1 atom stereocenters. The van der Waals surface area contributed by atoms with Crippen molar-refractivity contribution in [2.75, 3.05) is 24.5 Å². The summed E-state index contributed by atoms with van der Waals surface area (Å²) in [6, 6.07) is 5.73. The van der Waals surface area contributed by atoms with Crippen LogP contribution in [0, 0.1) is 5.41 Å². The molecule has 0 radical (unpaired) electrons. The molecule has 28 heavy (non-hydrogen) atoms. The maximum Gasteiger partial charge on any atom is 0.514 e. The van der Waals surface area contributed by atoms with Crippen molar-refractivity contribution in [3.63, 3.8) is 0 Å². The highest BCUT2D eigenvalue weighted by Crippen LogP contribution is 2.36. The summed E-state index contributed by atoms with van der Waals surface area (Å²) in [4.78, 5) is 20.2. The first-order valence-electron chi connectivity index (χ1n) is 9.89. The van der Waals surface area contributed by atoms with Crippen molar-refractivity contribution < 1.29 is 19.2 Å². The number of carboxylic acid groups (broad SMARTS) is 1. The van der Waals surface area contributed by atoms with Crippen LogP contribution in [0.4, 0.5) is 10.6 Å². The van der Waals surface area contributed by atoms with Crippen molar-refractivity contribution in [3.8, 4) is 0 Å². The Balaban J connectivity index is 1.82. The maximum atomic E-state index is 11.7. The van der Waals surface area contributed by atoms with Crippen LogP contribution in [0.5, 0.6) is 0 Å². The highest BCUT2D eigenvalue weighted by molar-refractivity contribution is 6.61. The summed E-state index contributed by atoms with van der Waals surface area (Å²) in [5, 5.41) is 9.57. The first-order chi connectivity index (χ1) is 12.8. The molecule has 3 rings (SSSR count). The molecule has 2 fully saturated rings. The van der Waals surface area contributed by atoms with E-state index in [4.69, 9.17) is 14.3 Å². The molecule has 1 amide bonds. The first kappa shape index (κ1) is 20.9. The Morgan fingerprint density at radius 1 is 1.18 bits per heavy atom. The number of hydrogen-bond acceptors (Lipinski definition) is 5. The summed E-state index contributed by atoms with van der Waals surface area (Å²) >= 11 is 0. The fourth-order valence-corrected chi connectivity index (χ4v) is 3.67. The summed E-state index contributed by atoms with van der Waals surface area (Å²) in [6.07, 6.45) is -0.862. The number of anilines is 1. The van der Waals surface area contributed by atoms with E-state index in [9.17, 15) is 9.90 Å². The maximum absolute atomic E-state index is 11.7. The zero-order valence-electron chi connectivity index (χ0n) is 18.0. The van der Waals surface area contributed by atoms with Crippen LogP contribution in [0.3, 0.4) is 0 Å². The molecule has 1 aromatic heterocycles. The van der Waals surface area contributed by atoms with Crippen molar-refractivity contribution >= 4 is 24.6 Å². The summed E-state index contributed by atoms with van der Waals surface area (Å²) in [6.45, 7) is 16.0. The van der Waals surface area contributed by atoms with Crippen molar-refractivity contribution in [2.24, 2.45) is 5.41 Å². The Kier molecular flexibility index (Phi) is 5.17. The van der Waals surface area contributed by atoms with Gasteiger partial charge >= 0.3 is 13.2 Å². The van der Waals surface area contributed by atoms with Gasteiger partial charge in [-0.2, -0.15) is 0 Å². The van der Waals surface area contributed by atoms with Crippen LogP contribution >= 0.6 is 0 Å². The highest BCUT2D eigenvalue weighted by Gasteiger charge is 2.52. The molecule has 0 aromatic carbocycles. The second-order valence-corrected chi connectivity index (χ2v) is 9.81. The Morgan fingerprint density at radius 3 is 2.32 bits per heavy atom. The zero-order valence-corrected chi connectivity index (χ0v) is 18.0. The standard InChI is InChI=1S/C20H32BN3O4/c1-18(2,3)14-13-23(11-12-24(14)17(25)26)16-10-8-9-15(22-16)21-27-19(4,5)20(6,7)28-21/h8-10,14H,11-13H2,1-7H3,(H,25,26). The molecule has 154 valence electrons. The third kappa shape index (κ3) is 3.85. The molecule has 2 aliphatic rings. The largest absolute Gasteiger partial charge is 0.514 e. The first-order valence-corrected chi connectivity index (χ1v) is 9.89. The van der Waals surface area contributed by atoms with E-state index in [1.807, 2.05) is 45.9 Å². The summed E-state index contributed by atoms with van der Waals surface area (Å²) < 4.78 is 12.3. The van der Waals surface area contributed by atoms with E-state index < -0.39 is 24.4 Å². The van der Waals surface area contributed by atoms with Gasteiger partial charge in [0.25, 0.3) is 0 Å². The topological polar surface area (TPSA) is 75.1 Å². The van der Waals surface area contributed by atoms with Gasteiger partial charge in [-0.1, -0.05) is 26.8 Å². The Bertz CT molecular complexity index is 731. The molecule has 2 aliphatic heterocycles. The average Bonchev–Trinajstić information content (AvgIpc) is 2.81. The predicted octanol–water partition coefficient (Wildman–Crippen LogP) is 2.60. The van der Waals surface area contributed by atoms with Crippen molar-refractivity contribution in [1.29, 1.82) is 0 Å². The van der Waals surface area contributed by atoms with Gasteiger partial charge in [0.15, 0.2) is 0 Å². The van der Waals surface area contributed by atoms with Gasteiger partial charge in [-0.05, 0) is 45.2 Å². The smallest absolute Gasteiger partial charge is 0.465 e. The fourth-order valence-electron chi connectivity index (χ4n) is 3.67. The van der Waals surface area contributed by atoms with Gasteiger partial charge in [0, 0.05) is 19.6 Å². The summed E-state index contributed by atoms with van der Waals surface area (Å²) in [5.74, 6) is 0.825. The lowest BCUT2D eigenvalue weighted by molar-refractivity contribution is 0.00578. The van der Waals surface area contributed by atoms with Gasteiger partial charge in [-0.3, -0.25) is 0 Å². The molecule has 1 unspecified atom stereocenters. The molecule has 2 saturated heterocycles. The zero-order chi connectivity index (χ0) is 20.9. The molecule has 1 aromatic rings. The van der Waals surface area contributed by atoms with Gasteiger partial charge in [0.1, 0.15) is 5.82 Å². The Hall–Kier alpha value is -1.80. The third-order valence-electron chi connectivity index (χ3n) is 6.20. The molecule has 0 saturated carbocycles. The quantitative estimate of drug-likeness (QED) is 0.784. The normalized spacial score (nSPS) is 24.5. The van der Waals surface area contributed by atoms with E-state index in [2.05, 4.69) is 25.7 Å². The molecule has 7 nitrogen and oxygen atoms in total. The lowest BCUT2D eigenvalue weighted by Gasteiger charge is -2.46. The lowest BCUT2D eigenvalue weighted by atomic mass is 9.83. The average molecular weight is 389 g/mol. The Labute approximate surface area is 168 Å². The van der Waals surface area contributed by atoms with Gasteiger partial charge in [-0.15, -0.1) is 0 Å². The molecule has 0 aliphatic carbocycles. The van der Waals surface area contributed by atoms with Gasteiger partial charge in [-0.25, -0.2) is 9.78 Å². The van der Waals surface area contributed by atoms with E-state index in [0.29, 0.717) is 19.6 Å². The molecule has 0 bridgehead atoms. The number of carbonyl (C=O) groups is 1. The van der Waals surface area contributed by atoms with Gasteiger partial charge in [0.2, 0.25) is 0 Å². The minimum atomic E-state index is -0.862. The second-order valence-electron chi connectivity index (χ2n) is 9.81. The number of aromatic nitrogens is 1. The number of amides is 1. The van der Waals surface area contributed by atoms with E-state index in [1.54, 1.807) is 4.90 Å². The van der Waals surface area contributed by atoms with Crippen LogP contribution in [-0.2, 0) is 9.31 Å². The molecule has 3 heterocycles. The minimum Gasteiger partial charge on any atom is -0.465 e. The van der Waals surface area contributed by atoms with Gasteiger partial charge < -0.3 is 24.2 Å². The van der Waals surface area contributed by atoms with Crippen molar-refractivity contribution in [3.05, 3.63) is 18.2 Å². The molecule has 0 spiro atoms. The van der Waals surface area contributed by atoms with Crippen LogP contribution in [0.25, 0.3) is 0 Å². The third-order valence-corrected chi connectivity index (χ3v) is 6.20. The SMILES string of the molecule is CC(C)(C)C1CN(c2cccc(B3OC(C)(C)C(C)(C)O3)n2)CCN1C(=O)O. The van der Waals surface area contributed by atoms with E-state index in [1.165, 1.54) is 0 Å². The summed E-state index contributed by atoms with van der Waals surface area (Å²) in [7, 11) is -0.510. The monoisotopic (exact) mass is 389 g/mol. The van der Waals surface area contributed by atoms with E-state index in [0.717, 1.165) is 11.4 Å². The van der Waals surface area contributed by atoms with Crippen LogP contribution < -0.4 is 10.5 Å². The number of rotatable bonds is 2. The molecule has 1 N–H and O–H groups in total. The number of nitrogens with zero attached hydrogens (tertiary/aromatic N) is 3.